The third-order valence-electron chi connectivity index (χ3n) is 1.02. The van der Waals surface area contributed by atoms with Crippen molar-refractivity contribution in [2.24, 2.45) is 0 Å². The topological polar surface area (TPSA) is 58.3 Å². The molecule has 0 spiro atoms. The molecule has 0 unspecified atom stereocenters. The molecule has 0 amide bonds. The third kappa shape index (κ3) is 1.33. The molecular weight excluding hydrogens is 116 g/mol. The minimum atomic E-state index is 0.606. The molecule has 3 nitrogen and oxygen atoms in total. The summed E-state index contributed by atoms with van der Waals surface area (Å²) < 4.78 is 0. The Morgan fingerprint density at radius 2 is 2.22 bits per heavy atom. The zero-order valence-electron chi connectivity index (χ0n) is 4.83. The number of hydrogen-bond acceptors (Lipinski definition) is 3. The molecule has 0 heterocycles. The van der Waals surface area contributed by atoms with E-state index < -0.39 is 0 Å². The van der Waals surface area contributed by atoms with E-state index in [2.05, 4.69) is 0 Å². The van der Waals surface area contributed by atoms with Gasteiger partial charge in [0.1, 0.15) is 0 Å². The summed E-state index contributed by atoms with van der Waals surface area (Å²) in [5, 5.41) is 8.36. The smallest absolute Gasteiger partial charge is 0.0622 e. The van der Waals surface area contributed by atoms with Crippen molar-refractivity contribution in [2.75, 3.05) is 11.2 Å². The van der Waals surface area contributed by atoms with Gasteiger partial charge in [0.25, 0.3) is 0 Å². The van der Waals surface area contributed by atoms with Crippen LogP contribution in [0.4, 0.5) is 11.4 Å². The zero-order valence-corrected chi connectivity index (χ0v) is 4.83. The normalized spacial score (nSPS) is 9.00. The lowest BCUT2D eigenvalue weighted by atomic mass is 10.3. The van der Waals surface area contributed by atoms with Gasteiger partial charge in [-0.25, -0.2) is 0 Å². The molecule has 0 saturated heterocycles. The van der Waals surface area contributed by atoms with Gasteiger partial charge < -0.3 is 5.73 Å². The Hall–Kier alpha value is -1.22. The fraction of sp³-hybridized carbons (Fsp3) is 0. The molecule has 1 aromatic carbocycles. The van der Waals surface area contributed by atoms with Gasteiger partial charge in [0.2, 0.25) is 0 Å². The largest absolute Gasteiger partial charge is 0.399 e. The van der Waals surface area contributed by atoms with E-state index in [0.29, 0.717) is 11.4 Å². The summed E-state index contributed by atoms with van der Waals surface area (Å²) in [6.07, 6.45) is 0. The molecule has 0 fully saturated rings. The second-order valence-corrected chi connectivity index (χ2v) is 1.74. The van der Waals surface area contributed by atoms with Crippen LogP contribution in [0, 0.1) is 0 Å². The van der Waals surface area contributed by atoms with Crippen molar-refractivity contribution in [1.82, 2.24) is 0 Å². The predicted molar refractivity (Wildman–Crippen MR) is 36.3 cm³/mol. The van der Waals surface area contributed by atoms with Gasteiger partial charge in [0.15, 0.2) is 0 Å². The molecule has 1 rings (SSSR count). The van der Waals surface area contributed by atoms with E-state index in [1.54, 1.807) is 24.3 Å². The Balaban J connectivity index is 2.94. The molecule has 0 aromatic heterocycles. The highest BCUT2D eigenvalue weighted by Crippen LogP contribution is 2.09. The van der Waals surface area contributed by atoms with Crippen LogP contribution in [0.15, 0.2) is 24.3 Å². The van der Waals surface area contributed by atoms with Crippen LogP contribution in [-0.4, -0.2) is 5.21 Å². The summed E-state index contributed by atoms with van der Waals surface area (Å²) in [5.41, 5.74) is 8.61. The molecule has 0 aliphatic carbocycles. The number of benzene rings is 1. The number of hydrogen-bond donors (Lipinski definition) is 3. The van der Waals surface area contributed by atoms with E-state index >= 15 is 0 Å². The fourth-order valence-corrected chi connectivity index (χ4v) is 0.608. The van der Waals surface area contributed by atoms with Crippen LogP contribution in [0.5, 0.6) is 0 Å². The zero-order chi connectivity index (χ0) is 6.69. The first-order valence-electron chi connectivity index (χ1n) is 2.58. The molecule has 48 valence electrons. The summed E-state index contributed by atoms with van der Waals surface area (Å²) in [7, 11) is 0. The molecule has 4 N–H and O–H groups in total. The number of anilines is 2. The lowest BCUT2D eigenvalue weighted by molar-refractivity contribution is 0.389. The molecule has 1 aromatic rings. The Morgan fingerprint density at radius 1 is 1.44 bits per heavy atom. The van der Waals surface area contributed by atoms with E-state index in [1.807, 2.05) is 5.48 Å². The van der Waals surface area contributed by atoms with Crippen LogP contribution in [0.25, 0.3) is 0 Å². The molecule has 0 saturated carbocycles. The average Bonchev–Trinajstić information content (AvgIpc) is 1.88. The van der Waals surface area contributed by atoms with Crippen molar-refractivity contribution in [2.45, 2.75) is 0 Å². The first-order valence-corrected chi connectivity index (χ1v) is 2.58. The van der Waals surface area contributed by atoms with Crippen LogP contribution in [0.3, 0.4) is 0 Å². The predicted octanol–water partition coefficient (Wildman–Crippen LogP) is 1.07. The highest BCUT2D eigenvalue weighted by Gasteiger charge is 1.86. The number of nitrogens with one attached hydrogen (secondary N) is 1. The minimum absolute atomic E-state index is 0.606. The van der Waals surface area contributed by atoms with Gasteiger partial charge in [-0.3, -0.25) is 10.7 Å². The minimum Gasteiger partial charge on any atom is -0.399 e. The van der Waals surface area contributed by atoms with Crippen molar-refractivity contribution in [3.8, 4) is 0 Å². The Bertz CT molecular complexity index is 200. The number of rotatable bonds is 1. The maximum absolute atomic E-state index is 8.36. The molecule has 0 radical (unpaired) electrons. The highest BCUT2D eigenvalue weighted by atomic mass is 16.5. The van der Waals surface area contributed by atoms with E-state index in [0.717, 1.165) is 0 Å². The van der Waals surface area contributed by atoms with E-state index in [4.69, 9.17) is 10.9 Å². The van der Waals surface area contributed by atoms with Crippen molar-refractivity contribution in [3.05, 3.63) is 24.3 Å². The summed E-state index contributed by atoms with van der Waals surface area (Å²) in [4.78, 5) is 0. The first kappa shape index (κ1) is 5.91. The van der Waals surface area contributed by atoms with Gasteiger partial charge in [0, 0.05) is 5.69 Å². The molecule has 0 atom stereocenters. The number of nitrogen functional groups attached to an aromatic ring is 1. The third-order valence-corrected chi connectivity index (χ3v) is 1.02. The van der Waals surface area contributed by atoms with Crippen molar-refractivity contribution in [3.63, 3.8) is 0 Å². The van der Waals surface area contributed by atoms with Crippen LogP contribution in [0.2, 0.25) is 0 Å². The van der Waals surface area contributed by atoms with Gasteiger partial charge in [0.05, 0.1) is 5.69 Å². The lowest BCUT2D eigenvalue weighted by Crippen LogP contribution is -1.90. The lowest BCUT2D eigenvalue weighted by Gasteiger charge is -1.97. The molecule has 3 heteroatoms. The standard InChI is InChI=1S/C6H8N2O/c7-5-2-1-3-6(4-5)8-9/h1-4,8-9H,7H2. The average molecular weight is 124 g/mol. The summed E-state index contributed by atoms with van der Waals surface area (Å²) in [6.45, 7) is 0. The number of nitrogens with two attached hydrogens (primary N) is 1. The molecule has 0 aliphatic rings. The van der Waals surface area contributed by atoms with Crippen LogP contribution >= 0.6 is 0 Å². The van der Waals surface area contributed by atoms with Crippen LogP contribution < -0.4 is 11.2 Å². The summed E-state index contributed by atoms with van der Waals surface area (Å²) >= 11 is 0. The van der Waals surface area contributed by atoms with E-state index in [1.165, 1.54) is 0 Å². The second-order valence-electron chi connectivity index (χ2n) is 1.74. The highest BCUT2D eigenvalue weighted by molar-refractivity contribution is 5.52. The first-order chi connectivity index (χ1) is 4.33. The van der Waals surface area contributed by atoms with Gasteiger partial charge in [-0.1, -0.05) is 6.07 Å². The van der Waals surface area contributed by atoms with Gasteiger partial charge in [-0.2, -0.15) is 0 Å². The Kier molecular flexibility index (Phi) is 1.55. The summed E-state index contributed by atoms with van der Waals surface area (Å²) in [5.74, 6) is 0. The van der Waals surface area contributed by atoms with Crippen molar-refractivity contribution in [1.29, 1.82) is 0 Å². The molecular formula is C6H8N2O. The Labute approximate surface area is 53.1 Å². The van der Waals surface area contributed by atoms with Gasteiger partial charge >= 0.3 is 0 Å². The van der Waals surface area contributed by atoms with Crippen molar-refractivity contribution < 1.29 is 5.21 Å². The Morgan fingerprint density at radius 3 is 2.67 bits per heavy atom. The van der Waals surface area contributed by atoms with Gasteiger partial charge in [-0.05, 0) is 18.2 Å². The SMILES string of the molecule is Nc1cccc(NO)c1. The molecule has 0 aliphatic heterocycles. The maximum atomic E-state index is 8.36. The fourth-order valence-electron chi connectivity index (χ4n) is 0.608. The van der Waals surface area contributed by atoms with Gasteiger partial charge in [-0.15, -0.1) is 0 Å². The monoisotopic (exact) mass is 124 g/mol. The molecule has 9 heavy (non-hydrogen) atoms. The molecule has 0 bridgehead atoms. The quantitative estimate of drug-likeness (QED) is 0.387. The maximum Gasteiger partial charge on any atom is 0.0622 e. The van der Waals surface area contributed by atoms with E-state index in [-0.39, 0.29) is 0 Å². The van der Waals surface area contributed by atoms with Crippen molar-refractivity contribution >= 4 is 11.4 Å². The van der Waals surface area contributed by atoms with Crippen LogP contribution in [0.1, 0.15) is 0 Å². The van der Waals surface area contributed by atoms with E-state index in [9.17, 15) is 0 Å². The second kappa shape index (κ2) is 2.37. The van der Waals surface area contributed by atoms with Crippen LogP contribution in [-0.2, 0) is 0 Å². The summed E-state index contributed by atoms with van der Waals surface area (Å²) in [6, 6.07) is 6.87.